The summed E-state index contributed by atoms with van der Waals surface area (Å²) < 4.78 is 10.1. The summed E-state index contributed by atoms with van der Waals surface area (Å²) in [6.07, 6.45) is 0. The maximum atomic E-state index is 13.2. The van der Waals surface area contributed by atoms with E-state index in [1.54, 1.807) is 48.4 Å². The van der Waals surface area contributed by atoms with Crippen LogP contribution in [0.4, 0.5) is 16.2 Å². The van der Waals surface area contributed by atoms with Crippen molar-refractivity contribution in [2.75, 3.05) is 24.9 Å². The van der Waals surface area contributed by atoms with Crippen molar-refractivity contribution in [2.24, 2.45) is 5.92 Å². The van der Waals surface area contributed by atoms with Gasteiger partial charge in [0.15, 0.2) is 0 Å². The van der Waals surface area contributed by atoms with Gasteiger partial charge in [-0.3, -0.25) is 4.79 Å². The number of carbonyl (C=O) groups is 3. The normalized spacial score (nSPS) is 13.2. The Kier molecular flexibility index (Phi) is 7.24. The number of hydrogen-bond donors (Lipinski definition) is 2. The van der Waals surface area contributed by atoms with Crippen molar-refractivity contribution in [2.45, 2.75) is 26.4 Å². The fourth-order valence-electron chi connectivity index (χ4n) is 4.32. The smallest absolute Gasteiger partial charge is 0.328 e. The average molecular weight is 488 g/mol. The summed E-state index contributed by atoms with van der Waals surface area (Å²) in [5, 5.41) is 5.58. The largest absolute Gasteiger partial charge is 0.497 e. The molecule has 1 heterocycles. The zero-order valence-electron chi connectivity index (χ0n) is 20.7. The molecule has 0 unspecified atom stereocenters. The van der Waals surface area contributed by atoms with Crippen LogP contribution in [0.25, 0.3) is 11.1 Å². The maximum absolute atomic E-state index is 13.2. The van der Waals surface area contributed by atoms with Crippen LogP contribution < -0.4 is 15.4 Å². The summed E-state index contributed by atoms with van der Waals surface area (Å²) in [6, 6.07) is 19.2. The number of amides is 3. The highest BCUT2D eigenvalue weighted by molar-refractivity contribution is 6.02. The number of ether oxygens (including phenoxy) is 2. The van der Waals surface area contributed by atoms with Crippen LogP contribution in [0.3, 0.4) is 0 Å². The summed E-state index contributed by atoms with van der Waals surface area (Å²) in [4.78, 5) is 39.4. The van der Waals surface area contributed by atoms with Gasteiger partial charge in [0.25, 0.3) is 5.91 Å². The predicted octanol–water partition coefficient (Wildman–Crippen LogP) is 5.16. The molecule has 1 aliphatic heterocycles. The number of methoxy groups -OCH3 is 2. The van der Waals surface area contributed by atoms with E-state index in [1.807, 2.05) is 44.2 Å². The van der Waals surface area contributed by atoms with Gasteiger partial charge in [0.1, 0.15) is 11.8 Å². The van der Waals surface area contributed by atoms with Crippen molar-refractivity contribution in [1.82, 2.24) is 4.90 Å². The number of benzene rings is 3. The van der Waals surface area contributed by atoms with E-state index in [-0.39, 0.29) is 17.9 Å². The molecule has 0 spiro atoms. The van der Waals surface area contributed by atoms with Crippen molar-refractivity contribution in [3.63, 3.8) is 0 Å². The first-order valence-electron chi connectivity index (χ1n) is 11.6. The zero-order valence-corrected chi connectivity index (χ0v) is 20.7. The lowest BCUT2D eigenvalue weighted by Gasteiger charge is -2.28. The molecule has 0 fully saturated rings. The monoisotopic (exact) mass is 487 g/mol. The molecular weight excluding hydrogens is 458 g/mol. The van der Waals surface area contributed by atoms with Crippen LogP contribution in [0, 0.1) is 5.92 Å². The number of nitrogens with one attached hydrogen (secondary N) is 2. The van der Waals surface area contributed by atoms with Crippen molar-refractivity contribution in [3.05, 3.63) is 77.9 Å². The minimum Gasteiger partial charge on any atom is -0.497 e. The lowest BCUT2D eigenvalue weighted by molar-refractivity contribution is -0.147. The predicted molar refractivity (Wildman–Crippen MR) is 138 cm³/mol. The minimum atomic E-state index is -0.632. The van der Waals surface area contributed by atoms with Crippen LogP contribution in [0.15, 0.2) is 66.7 Å². The molecule has 1 atom stereocenters. The highest BCUT2D eigenvalue weighted by atomic mass is 16.5. The highest BCUT2D eigenvalue weighted by Gasteiger charge is 2.38. The average Bonchev–Trinajstić information content (AvgIpc) is 3.19. The van der Waals surface area contributed by atoms with Gasteiger partial charge < -0.3 is 25.0 Å². The number of esters is 1. The Bertz CT molecular complexity index is 1270. The molecule has 0 radical (unpaired) electrons. The Morgan fingerprint density at radius 1 is 0.861 bits per heavy atom. The van der Waals surface area contributed by atoms with E-state index in [4.69, 9.17) is 9.47 Å². The standard InChI is InChI=1S/C28H29N3O5/c1-17(2)25(27(33)36-4)31-16-20-6-5-19(15-24(20)26(31)32)18-7-9-21(10-8-18)29-28(34)30-22-11-13-23(35-3)14-12-22/h5-15,17,25H,16H2,1-4H3,(H2,29,30,34)/t25-/m0/s1. The first-order chi connectivity index (χ1) is 17.3. The second-order valence-electron chi connectivity index (χ2n) is 8.90. The topological polar surface area (TPSA) is 97.0 Å². The van der Waals surface area contributed by atoms with E-state index < -0.39 is 12.0 Å². The second-order valence-corrected chi connectivity index (χ2v) is 8.90. The first kappa shape index (κ1) is 24.8. The molecular formula is C28H29N3O5. The van der Waals surface area contributed by atoms with Crippen LogP contribution >= 0.6 is 0 Å². The van der Waals surface area contributed by atoms with Crippen molar-refractivity contribution in [3.8, 4) is 16.9 Å². The Morgan fingerprint density at radius 3 is 2.00 bits per heavy atom. The van der Waals surface area contributed by atoms with E-state index in [0.717, 1.165) is 16.7 Å². The molecule has 3 aromatic rings. The molecule has 8 heteroatoms. The Morgan fingerprint density at radius 2 is 1.44 bits per heavy atom. The SMILES string of the molecule is COC(=O)[C@H](C(C)C)N1Cc2ccc(-c3ccc(NC(=O)Nc4ccc(OC)cc4)cc3)cc2C1=O. The third-order valence-corrected chi connectivity index (χ3v) is 6.18. The highest BCUT2D eigenvalue weighted by Crippen LogP contribution is 2.32. The summed E-state index contributed by atoms with van der Waals surface area (Å²) in [7, 11) is 2.92. The van der Waals surface area contributed by atoms with Gasteiger partial charge >= 0.3 is 12.0 Å². The number of urea groups is 1. The van der Waals surface area contributed by atoms with E-state index in [1.165, 1.54) is 7.11 Å². The van der Waals surface area contributed by atoms with Crippen LogP contribution in [-0.2, 0) is 16.1 Å². The lowest BCUT2D eigenvalue weighted by Crippen LogP contribution is -2.45. The molecule has 3 amide bonds. The summed E-state index contributed by atoms with van der Waals surface area (Å²) in [5.41, 5.74) is 4.52. The van der Waals surface area contributed by atoms with E-state index >= 15 is 0 Å². The molecule has 2 N–H and O–H groups in total. The molecule has 0 saturated carbocycles. The van der Waals surface area contributed by atoms with Crippen LogP contribution in [-0.4, -0.2) is 43.1 Å². The number of fused-ring (bicyclic) bond motifs is 1. The minimum absolute atomic E-state index is 0.0721. The van der Waals surface area contributed by atoms with Gasteiger partial charge in [0.05, 0.1) is 14.2 Å². The molecule has 8 nitrogen and oxygen atoms in total. The number of rotatable bonds is 7. The Labute approximate surface area is 210 Å². The number of carbonyl (C=O) groups excluding carboxylic acids is 3. The van der Waals surface area contributed by atoms with Gasteiger partial charge in [-0.25, -0.2) is 9.59 Å². The second kappa shape index (κ2) is 10.5. The molecule has 0 aromatic heterocycles. The van der Waals surface area contributed by atoms with Gasteiger partial charge in [0, 0.05) is 23.5 Å². The molecule has 36 heavy (non-hydrogen) atoms. The fourth-order valence-corrected chi connectivity index (χ4v) is 4.32. The van der Waals surface area contributed by atoms with Crippen molar-refractivity contribution in [1.29, 1.82) is 0 Å². The van der Waals surface area contributed by atoms with E-state index in [9.17, 15) is 14.4 Å². The maximum Gasteiger partial charge on any atom is 0.328 e. The zero-order chi connectivity index (χ0) is 25.8. The number of nitrogens with zero attached hydrogens (tertiary/aromatic N) is 1. The van der Waals surface area contributed by atoms with Crippen molar-refractivity contribution >= 4 is 29.3 Å². The first-order valence-corrected chi connectivity index (χ1v) is 11.6. The Balaban J connectivity index is 1.45. The molecule has 0 aliphatic carbocycles. The third kappa shape index (κ3) is 5.17. The van der Waals surface area contributed by atoms with Crippen LogP contribution in [0.1, 0.15) is 29.8 Å². The molecule has 186 valence electrons. The summed E-state index contributed by atoms with van der Waals surface area (Å²) >= 11 is 0. The van der Waals surface area contributed by atoms with Gasteiger partial charge in [-0.15, -0.1) is 0 Å². The van der Waals surface area contributed by atoms with Crippen molar-refractivity contribution < 1.29 is 23.9 Å². The lowest BCUT2D eigenvalue weighted by atomic mass is 10.00. The van der Waals surface area contributed by atoms with Crippen LogP contribution in [0.5, 0.6) is 5.75 Å². The third-order valence-electron chi connectivity index (χ3n) is 6.18. The van der Waals surface area contributed by atoms with Gasteiger partial charge in [-0.05, 0) is 65.1 Å². The summed E-state index contributed by atoms with van der Waals surface area (Å²) in [6.45, 7) is 4.17. The van der Waals surface area contributed by atoms with E-state index in [2.05, 4.69) is 10.6 Å². The fraction of sp³-hybridized carbons (Fsp3) is 0.250. The quantitative estimate of drug-likeness (QED) is 0.449. The van der Waals surface area contributed by atoms with E-state index in [0.29, 0.717) is 29.2 Å². The molecule has 4 rings (SSSR count). The number of hydrogen-bond acceptors (Lipinski definition) is 5. The van der Waals surface area contributed by atoms with Gasteiger partial charge in [-0.1, -0.05) is 38.1 Å². The molecule has 3 aromatic carbocycles. The van der Waals surface area contributed by atoms with Crippen LogP contribution in [0.2, 0.25) is 0 Å². The molecule has 0 bridgehead atoms. The summed E-state index contributed by atoms with van der Waals surface area (Å²) in [5.74, 6) is 0.0489. The molecule has 0 saturated heterocycles. The molecule has 1 aliphatic rings. The van der Waals surface area contributed by atoms with Gasteiger partial charge in [0.2, 0.25) is 0 Å². The Hall–Kier alpha value is -4.33. The number of anilines is 2. The van der Waals surface area contributed by atoms with Gasteiger partial charge in [-0.2, -0.15) is 0 Å².